The Bertz CT molecular complexity index is 496. The lowest BCUT2D eigenvalue weighted by atomic mass is 10.2. The number of thiophene rings is 1. The van der Waals surface area contributed by atoms with E-state index in [0.717, 1.165) is 32.7 Å². The molecule has 3 amide bonds. The number of imide groups is 1. The fourth-order valence-corrected chi connectivity index (χ4v) is 3.49. The summed E-state index contributed by atoms with van der Waals surface area (Å²) >= 11 is 1.81. The van der Waals surface area contributed by atoms with Crippen molar-refractivity contribution in [2.24, 2.45) is 5.92 Å². The summed E-state index contributed by atoms with van der Waals surface area (Å²) in [5.41, 5.74) is 0. The molecule has 0 saturated carbocycles. The predicted octanol–water partition coefficient (Wildman–Crippen LogP) is -1.49. The number of rotatable bonds is 6. The second-order valence-electron chi connectivity index (χ2n) is 6.58. The van der Waals surface area contributed by atoms with Crippen LogP contribution in [0.15, 0.2) is 17.5 Å². The molecule has 7 heteroatoms. The first-order valence-electron chi connectivity index (χ1n) is 8.30. The van der Waals surface area contributed by atoms with Crippen LogP contribution in [0.4, 0.5) is 4.79 Å². The topological polar surface area (TPSA) is 67.1 Å². The number of piperazine rings is 1. The van der Waals surface area contributed by atoms with E-state index in [1.165, 1.54) is 9.78 Å². The minimum Gasteiger partial charge on any atom is -0.338 e. The molecule has 1 aliphatic heterocycles. The first-order chi connectivity index (χ1) is 11.0. The van der Waals surface area contributed by atoms with Crippen molar-refractivity contribution in [3.8, 4) is 0 Å². The van der Waals surface area contributed by atoms with Crippen molar-refractivity contribution in [1.29, 1.82) is 0 Å². The minimum absolute atomic E-state index is 0.192. The molecule has 4 N–H and O–H groups in total. The molecule has 2 rings (SSSR count). The third-order valence-electron chi connectivity index (χ3n) is 4.00. The SMILES string of the molecule is CC(C)CNC(=O)NC(=O)C[NH+]1CC[NH+](Cc2cccs2)CC1. The van der Waals surface area contributed by atoms with Gasteiger partial charge in [0.2, 0.25) is 0 Å². The average molecular weight is 340 g/mol. The summed E-state index contributed by atoms with van der Waals surface area (Å²) in [5.74, 6) is 0.184. The first-order valence-corrected chi connectivity index (χ1v) is 9.18. The lowest BCUT2D eigenvalue weighted by Crippen LogP contribution is -3.28. The van der Waals surface area contributed by atoms with Crippen LogP contribution in [-0.2, 0) is 11.3 Å². The summed E-state index contributed by atoms with van der Waals surface area (Å²) in [6, 6.07) is 3.89. The van der Waals surface area contributed by atoms with Crippen molar-refractivity contribution < 1.29 is 19.4 Å². The van der Waals surface area contributed by atoms with Gasteiger partial charge in [0.1, 0.15) is 32.7 Å². The van der Waals surface area contributed by atoms with E-state index in [0.29, 0.717) is 19.0 Å². The van der Waals surface area contributed by atoms with E-state index in [1.54, 1.807) is 16.2 Å². The van der Waals surface area contributed by atoms with E-state index >= 15 is 0 Å². The van der Waals surface area contributed by atoms with Crippen LogP contribution < -0.4 is 20.4 Å². The predicted molar refractivity (Wildman–Crippen MR) is 90.7 cm³/mol. The van der Waals surface area contributed by atoms with E-state index in [9.17, 15) is 9.59 Å². The van der Waals surface area contributed by atoms with Gasteiger partial charge in [-0.2, -0.15) is 0 Å². The Balaban J connectivity index is 1.63. The Labute approximate surface area is 141 Å². The van der Waals surface area contributed by atoms with Gasteiger partial charge in [0, 0.05) is 6.54 Å². The van der Waals surface area contributed by atoms with Crippen molar-refractivity contribution >= 4 is 23.3 Å². The molecule has 1 saturated heterocycles. The number of quaternary nitrogens is 2. The Morgan fingerprint density at radius 2 is 1.91 bits per heavy atom. The fourth-order valence-electron chi connectivity index (χ4n) is 2.71. The zero-order chi connectivity index (χ0) is 16.7. The summed E-state index contributed by atoms with van der Waals surface area (Å²) in [4.78, 5) is 27.7. The van der Waals surface area contributed by atoms with Gasteiger partial charge in [0.25, 0.3) is 5.91 Å². The van der Waals surface area contributed by atoms with Crippen LogP contribution in [0.5, 0.6) is 0 Å². The van der Waals surface area contributed by atoms with Crippen molar-refractivity contribution in [3.05, 3.63) is 22.4 Å². The third kappa shape index (κ3) is 6.68. The normalized spacial score (nSPS) is 21.2. The summed E-state index contributed by atoms with van der Waals surface area (Å²) in [6.45, 7) is 10.2. The number of amides is 3. The van der Waals surface area contributed by atoms with Gasteiger partial charge in [-0.1, -0.05) is 19.9 Å². The molecular weight excluding hydrogens is 312 g/mol. The largest absolute Gasteiger partial charge is 0.338 e. The monoisotopic (exact) mass is 340 g/mol. The zero-order valence-electron chi connectivity index (χ0n) is 14.0. The molecule has 23 heavy (non-hydrogen) atoms. The van der Waals surface area contributed by atoms with Crippen molar-refractivity contribution in [2.45, 2.75) is 20.4 Å². The van der Waals surface area contributed by atoms with E-state index in [2.05, 4.69) is 28.1 Å². The van der Waals surface area contributed by atoms with Crippen LogP contribution in [0.25, 0.3) is 0 Å². The van der Waals surface area contributed by atoms with Gasteiger partial charge >= 0.3 is 6.03 Å². The molecule has 1 fully saturated rings. The smallest absolute Gasteiger partial charge is 0.321 e. The number of hydrogen-bond donors (Lipinski definition) is 4. The number of nitrogens with one attached hydrogen (secondary N) is 4. The van der Waals surface area contributed by atoms with Gasteiger partial charge in [-0.25, -0.2) is 4.79 Å². The van der Waals surface area contributed by atoms with Crippen LogP contribution in [0.2, 0.25) is 0 Å². The lowest BCUT2D eigenvalue weighted by molar-refractivity contribution is -1.01. The summed E-state index contributed by atoms with van der Waals surface area (Å²) in [6.07, 6.45) is 0. The van der Waals surface area contributed by atoms with Crippen LogP contribution in [0.1, 0.15) is 18.7 Å². The number of carbonyl (C=O) groups excluding carboxylic acids is 2. The Morgan fingerprint density at radius 3 is 2.52 bits per heavy atom. The molecule has 0 bridgehead atoms. The molecule has 1 aromatic heterocycles. The van der Waals surface area contributed by atoms with E-state index < -0.39 is 0 Å². The molecule has 2 heterocycles. The Morgan fingerprint density at radius 1 is 1.22 bits per heavy atom. The molecule has 1 aromatic rings. The molecule has 128 valence electrons. The maximum atomic E-state index is 11.9. The van der Waals surface area contributed by atoms with Crippen LogP contribution in [-0.4, -0.2) is 51.2 Å². The molecule has 0 atom stereocenters. The van der Waals surface area contributed by atoms with Gasteiger partial charge in [-0.15, -0.1) is 11.3 Å². The van der Waals surface area contributed by atoms with Crippen molar-refractivity contribution in [1.82, 2.24) is 10.6 Å². The van der Waals surface area contributed by atoms with Gasteiger partial charge in [-0.3, -0.25) is 10.1 Å². The highest BCUT2D eigenvalue weighted by atomic mass is 32.1. The maximum absolute atomic E-state index is 11.9. The number of carbonyl (C=O) groups is 2. The van der Waals surface area contributed by atoms with Crippen molar-refractivity contribution in [2.75, 3.05) is 39.3 Å². The molecule has 0 radical (unpaired) electrons. The quantitative estimate of drug-likeness (QED) is 0.510. The fraction of sp³-hybridized carbons (Fsp3) is 0.625. The second kappa shape index (κ2) is 9.00. The molecular formula is C16H28N4O2S+2. The average Bonchev–Trinajstić information content (AvgIpc) is 3.00. The molecule has 0 unspecified atom stereocenters. The Hall–Kier alpha value is -1.44. The summed E-state index contributed by atoms with van der Waals surface area (Å²) in [5, 5.41) is 7.23. The van der Waals surface area contributed by atoms with Crippen molar-refractivity contribution in [3.63, 3.8) is 0 Å². The number of urea groups is 1. The van der Waals surface area contributed by atoms with Crippen LogP contribution >= 0.6 is 11.3 Å². The summed E-state index contributed by atoms with van der Waals surface area (Å²) < 4.78 is 0. The van der Waals surface area contributed by atoms with Gasteiger partial charge in [-0.05, 0) is 17.4 Å². The molecule has 0 aromatic carbocycles. The maximum Gasteiger partial charge on any atom is 0.321 e. The number of hydrogen-bond acceptors (Lipinski definition) is 3. The molecule has 0 aliphatic carbocycles. The molecule has 6 nitrogen and oxygen atoms in total. The van der Waals surface area contributed by atoms with Gasteiger partial charge < -0.3 is 15.1 Å². The van der Waals surface area contributed by atoms with Gasteiger partial charge in [0.15, 0.2) is 6.54 Å². The van der Waals surface area contributed by atoms with E-state index in [1.807, 2.05) is 13.8 Å². The van der Waals surface area contributed by atoms with E-state index in [4.69, 9.17) is 0 Å². The standard InChI is InChI=1S/C16H26N4O2S/c1-13(2)10-17-16(22)18-15(21)12-20-7-5-19(6-8-20)11-14-4-3-9-23-14/h3-4,9,13H,5-8,10-12H2,1-2H3,(H2,17,18,21,22)/p+2. The molecule has 0 spiro atoms. The highest BCUT2D eigenvalue weighted by Crippen LogP contribution is 2.05. The van der Waals surface area contributed by atoms with Crippen LogP contribution in [0.3, 0.4) is 0 Å². The highest BCUT2D eigenvalue weighted by molar-refractivity contribution is 7.09. The second-order valence-corrected chi connectivity index (χ2v) is 7.62. The van der Waals surface area contributed by atoms with E-state index in [-0.39, 0.29) is 11.9 Å². The summed E-state index contributed by atoms with van der Waals surface area (Å²) in [7, 11) is 0. The minimum atomic E-state index is -0.384. The Kier molecular flexibility index (Phi) is 7.01. The molecule has 1 aliphatic rings. The zero-order valence-corrected chi connectivity index (χ0v) is 14.8. The highest BCUT2D eigenvalue weighted by Gasteiger charge is 2.25. The third-order valence-corrected chi connectivity index (χ3v) is 4.88. The lowest BCUT2D eigenvalue weighted by Gasteiger charge is -2.29. The first kappa shape index (κ1) is 17.9. The van der Waals surface area contributed by atoms with Crippen LogP contribution in [0, 0.1) is 5.92 Å². The van der Waals surface area contributed by atoms with Gasteiger partial charge in [0.05, 0.1) is 4.88 Å².